The van der Waals surface area contributed by atoms with Gasteiger partial charge in [-0.2, -0.15) is 0 Å². The monoisotopic (exact) mass is 142 g/mol. The van der Waals surface area contributed by atoms with Gasteiger partial charge in [-0.1, -0.05) is 13.5 Å². The van der Waals surface area contributed by atoms with E-state index in [0.717, 1.165) is 0 Å². The lowest BCUT2D eigenvalue weighted by Crippen LogP contribution is -2.07. The van der Waals surface area contributed by atoms with Crippen LogP contribution in [0.4, 0.5) is 0 Å². The number of carbonyl (C=O) groups is 2. The first-order chi connectivity index (χ1) is 4.57. The molecule has 10 heavy (non-hydrogen) atoms. The fourth-order valence-corrected chi connectivity index (χ4v) is 0.460. The van der Waals surface area contributed by atoms with Crippen LogP contribution in [0.2, 0.25) is 0 Å². The lowest BCUT2D eigenvalue weighted by molar-refractivity contribution is -0.139. The maximum atomic E-state index is 10.7. The van der Waals surface area contributed by atoms with Crippen molar-refractivity contribution in [2.24, 2.45) is 0 Å². The van der Waals surface area contributed by atoms with Crippen molar-refractivity contribution in [3.63, 3.8) is 0 Å². The molecule has 0 fully saturated rings. The third kappa shape index (κ3) is 3.02. The number of aliphatic carboxylic acids is 1. The summed E-state index contributed by atoms with van der Waals surface area (Å²) < 4.78 is 0. The normalized spacial score (nSPS) is 8.90. The van der Waals surface area contributed by atoms with Crippen molar-refractivity contribution in [2.45, 2.75) is 19.8 Å². The van der Waals surface area contributed by atoms with Crippen LogP contribution in [0.15, 0.2) is 12.2 Å². The highest BCUT2D eigenvalue weighted by molar-refractivity contribution is 6.04. The van der Waals surface area contributed by atoms with Gasteiger partial charge in [0.1, 0.15) is 6.42 Å². The Balaban J connectivity index is 3.86. The summed E-state index contributed by atoms with van der Waals surface area (Å²) in [4.78, 5) is 20.7. The molecule has 0 atom stereocenters. The van der Waals surface area contributed by atoms with Crippen molar-refractivity contribution in [2.75, 3.05) is 0 Å². The third-order valence-electron chi connectivity index (χ3n) is 1.13. The van der Waals surface area contributed by atoms with Gasteiger partial charge in [-0.05, 0) is 12.0 Å². The number of rotatable bonds is 4. The Bertz CT molecular complexity index is 170. The van der Waals surface area contributed by atoms with Gasteiger partial charge in [0.05, 0.1) is 0 Å². The van der Waals surface area contributed by atoms with E-state index in [-0.39, 0.29) is 5.78 Å². The first kappa shape index (κ1) is 8.88. The number of hydrogen-bond acceptors (Lipinski definition) is 2. The molecule has 0 rings (SSSR count). The second kappa shape index (κ2) is 3.82. The molecule has 0 bridgehead atoms. The molecule has 0 amide bonds. The topological polar surface area (TPSA) is 54.4 Å². The van der Waals surface area contributed by atoms with E-state index in [2.05, 4.69) is 6.58 Å². The van der Waals surface area contributed by atoms with Gasteiger partial charge in [-0.15, -0.1) is 0 Å². The molecule has 3 heteroatoms. The van der Waals surface area contributed by atoms with Crippen molar-refractivity contribution in [3.8, 4) is 0 Å². The van der Waals surface area contributed by atoms with Crippen LogP contribution >= 0.6 is 0 Å². The van der Waals surface area contributed by atoms with Crippen LogP contribution < -0.4 is 0 Å². The van der Waals surface area contributed by atoms with Gasteiger partial charge in [0.15, 0.2) is 5.78 Å². The largest absolute Gasteiger partial charge is 0.481 e. The van der Waals surface area contributed by atoms with E-state index in [1.807, 2.05) is 0 Å². The Morgan fingerprint density at radius 2 is 2.00 bits per heavy atom. The number of ketones is 1. The molecular weight excluding hydrogens is 132 g/mol. The minimum atomic E-state index is -1.10. The molecule has 0 aliphatic heterocycles. The van der Waals surface area contributed by atoms with Crippen LogP contribution in [-0.2, 0) is 9.59 Å². The number of Topliss-reactive ketones (excluding diaryl/α,β-unsaturated/α-hetero) is 1. The molecule has 0 saturated heterocycles. The Morgan fingerprint density at radius 1 is 1.50 bits per heavy atom. The summed E-state index contributed by atoms with van der Waals surface area (Å²) in [6, 6.07) is 0. The molecule has 0 aromatic carbocycles. The van der Waals surface area contributed by atoms with Gasteiger partial charge in [-0.3, -0.25) is 9.59 Å². The minimum Gasteiger partial charge on any atom is -0.481 e. The van der Waals surface area contributed by atoms with E-state index < -0.39 is 12.4 Å². The predicted molar refractivity (Wildman–Crippen MR) is 36.7 cm³/mol. The fraction of sp³-hybridized carbons (Fsp3) is 0.429. The number of carboxylic acid groups (broad SMARTS) is 1. The summed E-state index contributed by atoms with van der Waals surface area (Å²) in [6.45, 7) is 5.18. The third-order valence-corrected chi connectivity index (χ3v) is 1.13. The van der Waals surface area contributed by atoms with E-state index in [0.29, 0.717) is 12.0 Å². The first-order valence-corrected chi connectivity index (χ1v) is 3.00. The molecule has 0 unspecified atom stereocenters. The molecule has 56 valence electrons. The number of allylic oxidation sites excluding steroid dienone is 1. The highest BCUT2D eigenvalue weighted by Crippen LogP contribution is 2.00. The summed E-state index contributed by atoms with van der Waals surface area (Å²) in [5, 5.41) is 8.17. The van der Waals surface area contributed by atoms with Crippen molar-refractivity contribution in [1.82, 2.24) is 0 Å². The molecule has 0 spiro atoms. The molecule has 0 aromatic rings. The number of hydrogen-bond donors (Lipinski definition) is 1. The van der Waals surface area contributed by atoms with Crippen LogP contribution in [0.5, 0.6) is 0 Å². The van der Waals surface area contributed by atoms with E-state index in [1.54, 1.807) is 6.92 Å². The molecule has 0 aromatic heterocycles. The van der Waals surface area contributed by atoms with Crippen LogP contribution in [-0.4, -0.2) is 16.9 Å². The predicted octanol–water partition coefficient (Wildman–Crippen LogP) is 0.996. The van der Waals surface area contributed by atoms with Crippen LogP contribution in [0.25, 0.3) is 0 Å². The molecule has 1 N–H and O–H groups in total. The van der Waals surface area contributed by atoms with Crippen molar-refractivity contribution >= 4 is 11.8 Å². The highest BCUT2D eigenvalue weighted by Gasteiger charge is 2.08. The van der Waals surface area contributed by atoms with Crippen molar-refractivity contribution in [1.29, 1.82) is 0 Å². The maximum absolute atomic E-state index is 10.7. The summed E-state index contributed by atoms with van der Waals surface area (Å²) in [6.07, 6.45) is 0.0821. The van der Waals surface area contributed by atoms with Gasteiger partial charge in [-0.25, -0.2) is 0 Å². The standard InChI is InChI=1S/C7H10O3/c1-3-5(2)6(8)4-7(9)10/h2-4H2,1H3,(H,9,10). The zero-order chi connectivity index (χ0) is 8.15. The second-order valence-corrected chi connectivity index (χ2v) is 1.95. The smallest absolute Gasteiger partial charge is 0.311 e. The van der Waals surface area contributed by atoms with E-state index in [1.165, 1.54) is 0 Å². The van der Waals surface area contributed by atoms with Gasteiger partial charge in [0, 0.05) is 0 Å². The molecule has 0 heterocycles. The van der Waals surface area contributed by atoms with Crippen LogP contribution in [0, 0.1) is 0 Å². The Morgan fingerprint density at radius 3 is 2.30 bits per heavy atom. The Hall–Kier alpha value is -1.12. The summed E-state index contributed by atoms with van der Waals surface area (Å²) in [5.41, 5.74) is 0.377. The van der Waals surface area contributed by atoms with Gasteiger partial charge < -0.3 is 5.11 Å². The SMILES string of the molecule is C=C(CC)C(=O)CC(=O)O. The number of carboxylic acids is 1. The van der Waals surface area contributed by atoms with E-state index in [9.17, 15) is 9.59 Å². The van der Waals surface area contributed by atoms with E-state index >= 15 is 0 Å². The van der Waals surface area contributed by atoms with Gasteiger partial charge >= 0.3 is 5.97 Å². The Labute approximate surface area is 59.4 Å². The molecule has 3 nitrogen and oxygen atoms in total. The summed E-state index contributed by atoms with van der Waals surface area (Å²) >= 11 is 0. The number of carbonyl (C=O) groups excluding carboxylic acids is 1. The minimum absolute atomic E-state index is 0.377. The fourth-order valence-electron chi connectivity index (χ4n) is 0.460. The maximum Gasteiger partial charge on any atom is 0.311 e. The first-order valence-electron chi connectivity index (χ1n) is 3.00. The van der Waals surface area contributed by atoms with Crippen LogP contribution in [0.3, 0.4) is 0 Å². The highest BCUT2D eigenvalue weighted by atomic mass is 16.4. The van der Waals surface area contributed by atoms with Crippen molar-refractivity contribution in [3.05, 3.63) is 12.2 Å². The molecular formula is C7H10O3. The molecule has 0 aliphatic carbocycles. The van der Waals surface area contributed by atoms with Crippen LogP contribution in [0.1, 0.15) is 19.8 Å². The summed E-state index contributed by atoms with van der Waals surface area (Å²) in [7, 11) is 0. The average molecular weight is 142 g/mol. The zero-order valence-corrected chi connectivity index (χ0v) is 5.89. The van der Waals surface area contributed by atoms with Crippen molar-refractivity contribution < 1.29 is 14.7 Å². The summed E-state index contributed by atoms with van der Waals surface area (Å²) in [5.74, 6) is -1.48. The molecule has 0 saturated carbocycles. The Kier molecular flexibility index (Phi) is 3.39. The lowest BCUT2D eigenvalue weighted by Gasteiger charge is -1.95. The van der Waals surface area contributed by atoms with E-state index in [4.69, 9.17) is 5.11 Å². The van der Waals surface area contributed by atoms with Gasteiger partial charge in [0.2, 0.25) is 0 Å². The zero-order valence-electron chi connectivity index (χ0n) is 5.89. The molecule has 0 aliphatic rings. The van der Waals surface area contributed by atoms with Gasteiger partial charge in [0.25, 0.3) is 0 Å². The quantitative estimate of drug-likeness (QED) is 0.470. The average Bonchev–Trinajstić information content (AvgIpc) is 1.85. The molecule has 0 radical (unpaired) electrons. The second-order valence-electron chi connectivity index (χ2n) is 1.95. The lowest BCUT2D eigenvalue weighted by atomic mass is 10.1.